The van der Waals surface area contributed by atoms with Gasteiger partial charge in [-0.1, -0.05) is 17.7 Å². The van der Waals surface area contributed by atoms with Gasteiger partial charge < -0.3 is 0 Å². The predicted molar refractivity (Wildman–Crippen MR) is 67.9 cm³/mol. The SMILES string of the molecule is C=C(C)CCC(=O)c1cnc2ccccc2n1. The first kappa shape index (κ1) is 11.5. The molecule has 0 aliphatic rings. The Morgan fingerprint density at radius 2 is 1.94 bits per heavy atom. The number of ketones is 1. The summed E-state index contributed by atoms with van der Waals surface area (Å²) in [7, 11) is 0. The van der Waals surface area contributed by atoms with E-state index in [4.69, 9.17) is 0 Å². The first-order chi connectivity index (χ1) is 8.16. The zero-order valence-corrected chi connectivity index (χ0v) is 9.81. The van der Waals surface area contributed by atoms with Crippen LogP contribution in [0.4, 0.5) is 0 Å². The zero-order chi connectivity index (χ0) is 12.3. The van der Waals surface area contributed by atoms with E-state index in [1.165, 1.54) is 0 Å². The zero-order valence-electron chi connectivity index (χ0n) is 9.81. The van der Waals surface area contributed by atoms with Crippen LogP contribution in [0.2, 0.25) is 0 Å². The van der Waals surface area contributed by atoms with Gasteiger partial charge in [0.15, 0.2) is 5.78 Å². The number of hydrogen-bond donors (Lipinski definition) is 0. The highest BCUT2D eigenvalue weighted by Gasteiger charge is 2.08. The fourth-order valence-electron chi connectivity index (χ4n) is 1.55. The van der Waals surface area contributed by atoms with E-state index >= 15 is 0 Å². The van der Waals surface area contributed by atoms with Crippen molar-refractivity contribution in [3.05, 3.63) is 48.3 Å². The minimum Gasteiger partial charge on any atom is -0.292 e. The fraction of sp³-hybridized carbons (Fsp3) is 0.214. The first-order valence-corrected chi connectivity index (χ1v) is 5.56. The van der Waals surface area contributed by atoms with E-state index in [-0.39, 0.29) is 5.78 Å². The van der Waals surface area contributed by atoms with Crippen LogP contribution in [0.1, 0.15) is 30.3 Å². The number of hydrogen-bond acceptors (Lipinski definition) is 3. The summed E-state index contributed by atoms with van der Waals surface area (Å²) < 4.78 is 0. The van der Waals surface area contributed by atoms with Gasteiger partial charge in [0, 0.05) is 6.42 Å². The van der Waals surface area contributed by atoms with Gasteiger partial charge in [-0.25, -0.2) is 4.98 Å². The Hall–Kier alpha value is -2.03. The van der Waals surface area contributed by atoms with Crippen molar-refractivity contribution >= 4 is 16.8 Å². The Morgan fingerprint density at radius 3 is 2.65 bits per heavy atom. The molecule has 3 heteroatoms. The van der Waals surface area contributed by atoms with E-state index in [9.17, 15) is 4.79 Å². The van der Waals surface area contributed by atoms with E-state index < -0.39 is 0 Å². The minimum atomic E-state index is 0.0197. The molecule has 0 atom stereocenters. The van der Waals surface area contributed by atoms with Gasteiger partial charge in [-0.3, -0.25) is 9.78 Å². The van der Waals surface area contributed by atoms with E-state index in [2.05, 4.69) is 16.5 Å². The van der Waals surface area contributed by atoms with Crippen molar-refractivity contribution in [2.24, 2.45) is 0 Å². The summed E-state index contributed by atoms with van der Waals surface area (Å²) in [5.74, 6) is 0.0197. The quantitative estimate of drug-likeness (QED) is 0.594. The topological polar surface area (TPSA) is 42.9 Å². The Bertz CT molecular complexity index is 575. The van der Waals surface area contributed by atoms with Crippen LogP contribution < -0.4 is 0 Å². The second kappa shape index (κ2) is 4.87. The summed E-state index contributed by atoms with van der Waals surface area (Å²) in [5.41, 5.74) is 3.01. The standard InChI is InChI=1S/C14H14N2O/c1-10(2)7-8-14(17)13-9-15-11-5-3-4-6-12(11)16-13/h3-6,9H,1,7-8H2,2H3. The summed E-state index contributed by atoms with van der Waals surface area (Å²) >= 11 is 0. The largest absolute Gasteiger partial charge is 0.292 e. The van der Waals surface area contributed by atoms with Crippen molar-refractivity contribution in [1.29, 1.82) is 0 Å². The number of para-hydroxylation sites is 2. The molecule has 0 N–H and O–H groups in total. The van der Waals surface area contributed by atoms with Gasteiger partial charge in [0.2, 0.25) is 0 Å². The van der Waals surface area contributed by atoms with E-state index in [1.807, 2.05) is 31.2 Å². The molecule has 0 bridgehead atoms. The Labute approximate surface area is 100 Å². The number of carbonyl (C=O) groups excluding carboxylic acids is 1. The summed E-state index contributed by atoms with van der Waals surface area (Å²) in [4.78, 5) is 20.4. The number of Topliss-reactive ketones (excluding diaryl/α,β-unsaturated/α-hetero) is 1. The van der Waals surface area contributed by atoms with Crippen LogP contribution in [0.15, 0.2) is 42.6 Å². The maximum Gasteiger partial charge on any atom is 0.183 e. The molecule has 1 aromatic heterocycles. The molecule has 17 heavy (non-hydrogen) atoms. The lowest BCUT2D eigenvalue weighted by atomic mass is 10.1. The van der Waals surface area contributed by atoms with Gasteiger partial charge in [-0.05, 0) is 25.5 Å². The van der Waals surface area contributed by atoms with Gasteiger partial charge in [-0.2, -0.15) is 0 Å². The number of allylic oxidation sites excluding steroid dienone is 1. The maximum atomic E-state index is 11.8. The smallest absolute Gasteiger partial charge is 0.183 e. The molecule has 0 radical (unpaired) electrons. The average Bonchev–Trinajstić information content (AvgIpc) is 2.35. The van der Waals surface area contributed by atoms with Crippen LogP contribution in [0.3, 0.4) is 0 Å². The van der Waals surface area contributed by atoms with Crippen molar-refractivity contribution in [3.8, 4) is 0 Å². The number of aromatic nitrogens is 2. The summed E-state index contributed by atoms with van der Waals surface area (Å²) in [6.07, 6.45) is 2.69. The average molecular weight is 226 g/mol. The van der Waals surface area contributed by atoms with Crippen molar-refractivity contribution < 1.29 is 4.79 Å². The third-order valence-corrected chi connectivity index (χ3v) is 2.51. The fourth-order valence-corrected chi connectivity index (χ4v) is 1.55. The number of nitrogens with zero attached hydrogens (tertiary/aromatic N) is 2. The lowest BCUT2D eigenvalue weighted by Gasteiger charge is -2.01. The molecule has 1 aromatic carbocycles. The monoisotopic (exact) mass is 226 g/mol. The molecule has 1 heterocycles. The summed E-state index contributed by atoms with van der Waals surface area (Å²) in [6, 6.07) is 7.53. The van der Waals surface area contributed by atoms with Crippen molar-refractivity contribution in [1.82, 2.24) is 9.97 Å². The molecule has 0 saturated heterocycles. The summed E-state index contributed by atoms with van der Waals surface area (Å²) in [6.45, 7) is 5.70. The van der Waals surface area contributed by atoms with Gasteiger partial charge in [0.1, 0.15) is 5.69 Å². The molecule has 0 fully saturated rings. The van der Waals surface area contributed by atoms with Gasteiger partial charge in [0.05, 0.1) is 17.2 Å². The van der Waals surface area contributed by atoms with Crippen LogP contribution in [0.25, 0.3) is 11.0 Å². The maximum absolute atomic E-state index is 11.8. The number of benzene rings is 1. The van der Waals surface area contributed by atoms with E-state index in [0.717, 1.165) is 16.6 Å². The molecule has 0 amide bonds. The lowest BCUT2D eigenvalue weighted by molar-refractivity contribution is 0.0978. The number of fused-ring (bicyclic) bond motifs is 1. The van der Waals surface area contributed by atoms with Crippen LogP contribution in [0.5, 0.6) is 0 Å². The normalized spacial score (nSPS) is 10.4. The van der Waals surface area contributed by atoms with Crippen LogP contribution in [0, 0.1) is 0 Å². The van der Waals surface area contributed by atoms with Crippen LogP contribution >= 0.6 is 0 Å². The number of rotatable bonds is 4. The van der Waals surface area contributed by atoms with E-state index in [0.29, 0.717) is 18.5 Å². The molecule has 0 unspecified atom stereocenters. The molecule has 0 saturated carbocycles. The Balaban J connectivity index is 2.24. The van der Waals surface area contributed by atoms with Gasteiger partial charge >= 0.3 is 0 Å². The van der Waals surface area contributed by atoms with Crippen molar-refractivity contribution in [2.45, 2.75) is 19.8 Å². The molecule has 86 valence electrons. The van der Waals surface area contributed by atoms with Gasteiger partial charge in [-0.15, -0.1) is 6.58 Å². The van der Waals surface area contributed by atoms with Crippen molar-refractivity contribution in [2.75, 3.05) is 0 Å². The van der Waals surface area contributed by atoms with Gasteiger partial charge in [0.25, 0.3) is 0 Å². The molecule has 0 spiro atoms. The Morgan fingerprint density at radius 1 is 1.24 bits per heavy atom. The molecule has 3 nitrogen and oxygen atoms in total. The Kier molecular flexibility index (Phi) is 3.28. The van der Waals surface area contributed by atoms with E-state index in [1.54, 1.807) is 6.20 Å². The third-order valence-electron chi connectivity index (χ3n) is 2.51. The molecular weight excluding hydrogens is 212 g/mol. The highest BCUT2D eigenvalue weighted by Crippen LogP contribution is 2.11. The van der Waals surface area contributed by atoms with Crippen LogP contribution in [-0.4, -0.2) is 15.8 Å². The molecule has 0 aliphatic carbocycles. The predicted octanol–water partition coefficient (Wildman–Crippen LogP) is 3.17. The molecular formula is C14H14N2O. The molecule has 0 aliphatic heterocycles. The second-order valence-electron chi connectivity index (χ2n) is 4.12. The third kappa shape index (κ3) is 2.75. The second-order valence-corrected chi connectivity index (χ2v) is 4.12. The van der Waals surface area contributed by atoms with Crippen LogP contribution in [-0.2, 0) is 0 Å². The highest BCUT2D eigenvalue weighted by atomic mass is 16.1. The summed E-state index contributed by atoms with van der Waals surface area (Å²) in [5, 5.41) is 0. The van der Waals surface area contributed by atoms with Crippen molar-refractivity contribution in [3.63, 3.8) is 0 Å². The number of carbonyl (C=O) groups is 1. The first-order valence-electron chi connectivity index (χ1n) is 5.56. The lowest BCUT2D eigenvalue weighted by Crippen LogP contribution is -2.03. The highest BCUT2D eigenvalue weighted by molar-refractivity contribution is 5.95. The molecule has 2 rings (SSSR count). The molecule has 2 aromatic rings. The minimum absolute atomic E-state index is 0.0197.